The molecule has 0 atom stereocenters. The Morgan fingerprint density at radius 1 is 1.09 bits per heavy atom. The first-order valence-electron chi connectivity index (χ1n) is 10.7. The normalized spacial score (nSPS) is 11.6. The molecule has 0 aliphatic rings. The molecule has 4 rings (SSSR count). The van der Waals surface area contributed by atoms with Crippen molar-refractivity contribution in [3.8, 4) is 5.75 Å². The third kappa shape index (κ3) is 5.71. The Balaban J connectivity index is 1.65. The maximum absolute atomic E-state index is 13.2. The predicted molar refractivity (Wildman–Crippen MR) is 158 cm³/mol. The number of aromatic nitrogens is 2. The molecule has 34 heavy (non-hydrogen) atoms. The molecule has 0 N–H and O–H groups in total. The van der Waals surface area contributed by atoms with E-state index in [0.717, 1.165) is 28.5 Å². The van der Waals surface area contributed by atoms with Crippen molar-refractivity contribution in [2.75, 3.05) is 0 Å². The highest BCUT2D eigenvalue weighted by molar-refractivity contribution is 14.1. The van der Waals surface area contributed by atoms with Gasteiger partial charge in [0.15, 0.2) is 0 Å². The lowest BCUT2D eigenvalue weighted by Gasteiger charge is -2.13. The van der Waals surface area contributed by atoms with E-state index in [4.69, 9.17) is 9.72 Å². The van der Waals surface area contributed by atoms with Crippen molar-refractivity contribution in [2.45, 2.75) is 33.3 Å². The van der Waals surface area contributed by atoms with Crippen molar-refractivity contribution in [3.63, 3.8) is 0 Å². The number of aryl methyl sites for hydroxylation is 1. The Labute approximate surface area is 234 Å². The second-order valence-corrected chi connectivity index (χ2v) is 11.5. The monoisotopic (exact) mass is 741 g/mol. The number of ether oxygens (including phenoxy) is 1. The van der Waals surface area contributed by atoms with Crippen LogP contribution in [-0.2, 0) is 6.61 Å². The summed E-state index contributed by atoms with van der Waals surface area (Å²) in [5.74, 6) is 1.51. The molecule has 0 unspecified atom stereocenters. The number of hydrogen-bond acceptors (Lipinski definition) is 4. The van der Waals surface area contributed by atoms with Gasteiger partial charge in [-0.15, -0.1) is 0 Å². The molecule has 1 aromatic heterocycles. The van der Waals surface area contributed by atoms with Crippen LogP contribution in [-0.4, -0.2) is 15.9 Å². The van der Waals surface area contributed by atoms with Crippen molar-refractivity contribution in [3.05, 3.63) is 99.1 Å². The summed E-state index contributed by atoms with van der Waals surface area (Å²) >= 11 is 7.99. The Kier molecular flexibility index (Phi) is 8.08. The van der Waals surface area contributed by atoms with Crippen LogP contribution in [0.15, 0.2) is 69.0 Å². The number of nitrogens with zero attached hydrogens (tertiary/aromatic N) is 3. The first-order chi connectivity index (χ1) is 16.2. The molecule has 0 spiro atoms. The van der Waals surface area contributed by atoms with E-state index in [2.05, 4.69) is 97.4 Å². The molecular weight excluding hydrogens is 720 g/mol. The minimum absolute atomic E-state index is 0.0377. The predicted octanol–water partition coefficient (Wildman–Crippen LogP) is 7.26. The van der Waals surface area contributed by atoms with Crippen molar-refractivity contribution in [1.29, 1.82) is 0 Å². The van der Waals surface area contributed by atoms with Gasteiger partial charge in [0.2, 0.25) is 0 Å². The van der Waals surface area contributed by atoms with E-state index in [1.807, 2.05) is 38.1 Å². The second-order valence-electron chi connectivity index (χ2n) is 8.24. The molecule has 4 aromatic rings. The molecule has 0 aliphatic heterocycles. The van der Waals surface area contributed by atoms with E-state index in [9.17, 15) is 4.79 Å². The summed E-state index contributed by atoms with van der Waals surface area (Å²) in [6.45, 7) is 6.59. The van der Waals surface area contributed by atoms with E-state index in [1.54, 1.807) is 12.3 Å². The number of hydrogen-bond donors (Lipinski definition) is 0. The van der Waals surface area contributed by atoms with Gasteiger partial charge in [0.25, 0.3) is 5.56 Å². The Bertz CT molecular complexity index is 1420. The third-order valence-electron chi connectivity index (χ3n) is 5.20. The van der Waals surface area contributed by atoms with Gasteiger partial charge in [0.1, 0.15) is 18.2 Å². The van der Waals surface area contributed by atoms with Crippen LogP contribution in [0.25, 0.3) is 10.9 Å². The summed E-state index contributed by atoms with van der Waals surface area (Å²) in [6.07, 6.45) is 1.70. The van der Waals surface area contributed by atoms with E-state index in [-0.39, 0.29) is 11.5 Å². The van der Waals surface area contributed by atoms with Crippen LogP contribution in [0.4, 0.5) is 0 Å². The largest absolute Gasteiger partial charge is 0.487 e. The van der Waals surface area contributed by atoms with Crippen LogP contribution in [0.5, 0.6) is 5.75 Å². The lowest BCUT2D eigenvalue weighted by molar-refractivity contribution is 0.301. The summed E-state index contributed by atoms with van der Waals surface area (Å²) in [4.78, 5) is 17.9. The molecule has 1 heterocycles. The van der Waals surface area contributed by atoms with Gasteiger partial charge in [-0.2, -0.15) is 9.78 Å². The highest BCUT2D eigenvalue weighted by atomic mass is 127. The Morgan fingerprint density at radius 2 is 1.76 bits per heavy atom. The molecule has 0 saturated heterocycles. The standard InChI is InChI=1S/C26H22BrI2N3O2/c1-15(2)25-31-23-9-8-19(27)12-20(23)26(33)32(25)30-13-18-10-21(28)24(22(29)11-18)34-14-17-6-4-16(3)5-7-17/h4-13,15H,14H2,1-3H3. The summed E-state index contributed by atoms with van der Waals surface area (Å²) in [5.41, 5.74) is 3.72. The summed E-state index contributed by atoms with van der Waals surface area (Å²) in [6, 6.07) is 17.9. The van der Waals surface area contributed by atoms with Gasteiger partial charge in [-0.1, -0.05) is 59.6 Å². The Hall–Kier alpha value is -1.79. The fraction of sp³-hybridized carbons (Fsp3) is 0.192. The van der Waals surface area contributed by atoms with Gasteiger partial charge in [-0.25, -0.2) is 4.98 Å². The number of fused-ring (bicyclic) bond motifs is 1. The van der Waals surface area contributed by atoms with Crippen molar-refractivity contribution >= 4 is 78.2 Å². The van der Waals surface area contributed by atoms with Gasteiger partial charge >= 0.3 is 0 Å². The molecule has 0 saturated carbocycles. The SMILES string of the molecule is Cc1ccc(COc2c(I)cc(C=Nn3c(C(C)C)nc4ccc(Br)cc4c3=O)cc2I)cc1. The average Bonchev–Trinajstić information content (AvgIpc) is 2.79. The highest BCUT2D eigenvalue weighted by Crippen LogP contribution is 2.29. The molecule has 3 aromatic carbocycles. The molecule has 8 heteroatoms. The van der Waals surface area contributed by atoms with Crippen LogP contribution in [0, 0.1) is 14.1 Å². The molecule has 0 radical (unpaired) electrons. The quantitative estimate of drug-likeness (QED) is 0.155. The first kappa shape index (κ1) is 25.3. The Morgan fingerprint density at radius 3 is 2.41 bits per heavy atom. The fourth-order valence-corrected chi connectivity index (χ4v) is 5.90. The molecule has 0 fully saturated rings. The lowest BCUT2D eigenvalue weighted by Crippen LogP contribution is -2.23. The molecule has 0 aliphatic carbocycles. The van der Waals surface area contributed by atoms with Gasteiger partial charge in [0.05, 0.1) is 24.3 Å². The number of rotatable bonds is 6. The number of benzene rings is 3. The molecule has 0 bridgehead atoms. The summed E-state index contributed by atoms with van der Waals surface area (Å²) in [7, 11) is 0. The van der Waals surface area contributed by atoms with Crippen LogP contribution in [0.1, 0.15) is 42.3 Å². The van der Waals surface area contributed by atoms with Gasteiger partial charge in [0, 0.05) is 10.4 Å². The second kappa shape index (κ2) is 10.9. The topological polar surface area (TPSA) is 56.5 Å². The zero-order valence-electron chi connectivity index (χ0n) is 18.8. The van der Waals surface area contributed by atoms with Crippen molar-refractivity contribution in [1.82, 2.24) is 9.66 Å². The minimum atomic E-state index is -0.186. The van der Waals surface area contributed by atoms with Gasteiger partial charge in [-0.3, -0.25) is 4.79 Å². The third-order valence-corrected chi connectivity index (χ3v) is 7.29. The zero-order valence-corrected chi connectivity index (χ0v) is 24.8. The maximum Gasteiger partial charge on any atom is 0.282 e. The van der Waals surface area contributed by atoms with Gasteiger partial charge < -0.3 is 4.74 Å². The van der Waals surface area contributed by atoms with Crippen molar-refractivity contribution < 1.29 is 4.74 Å². The smallest absolute Gasteiger partial charge is 0.282 e. The van der Waals surface area contributed by atoms with Crippen LogP contribution in [0.2, 0.25) is 0 Å². The highest BCUT2D eigenvalue weighted by Gasteiger charge is 2.14. The van der Waals surface area contributed by atoms with Crippen LogP contribution in [0.3, 0.4) is 0 Å². The summed E-state index contributed by atoms with van der Waals surface area (Å²) in [5, 5.41) is 5.07. The zero-order chi connectivity index (χ0) is 24.4. The van der Waals surface area contributed by atoms with Crippen LogP contribution >= 0.6 is 61.1 Å². The van der Waals surface area contributed by atoms with E-state index < -0.39 is 0 Å². The maximum atomic E-state index is 13.2. The molecular formula is C26H22BrI2N3O2. The van der Waals surface area contributed by atoms with E-state index in [1.165, 1.54) is 10.2 Å². The molecule has 0 amide bonds. The van der Waals surface area contributed by atoms with Gasteiger partial charge in [-0.05, 0) is 93.6 Å². The molecule has 5 nitrogen and oxygen atoms in total. The average molecular weight is 742 g/mol. The minimum Gasteiger partial charge on any atom is -0.487 e. The fourth-order valence-electron chi connectivity index (χ4n) is 3.41. The van der Waals surface area contributed by atoms with Crippen LogP contribution < -0.4 is 10.3 Å². The summed E-state index contributed by atoms with van der Waals surface area (Å²) < 4.78 is 10.3. The molecule has 174 valence electrons. The van der Waals surface area contributed by atoms with E-state index >= 15 is 0 Å². The number of halogens is 3. The van der Waals surface area contributed by atoms with Crippen molar-refractivity contribution in [2.24, 2.45) is 5.10 Å². The first-order valence-corrected chi connectivity index (χ1v) is 13.6. The lowest BCUT2D eigenvalue weighted by atomic mass is 10.2. The van der Waals surface area contributed by atoms with E-state index in [0.29, 0.717) is 23.3 Å².